The summed E-state index contributed by atoms with van der Waals surface area (Å²) in [4.78, 5) is 10.4. The van der Waals surface area contributed by atoms with Crippen LogP contribution in [0.2, 0.25) is 0 Å². The molecule has 0 amide bonds. The second-order valence-corrected chi connectivity index (χ2v) is 2.55. The van der Waals surface area contributed by atoms with Gasteiger partial charge in [-0.1, -0.05) is 6.08 Å². The van der Waals surface area contributed by atoms with Crippen molar-refractivity contribution in [1.82, 2.24) is 0 Å². The van der Waals surface area contributed by atoms with Crippen LogP contribution in [0.25, 0.3) is 0 Å². The molecule has 66 valence electrons. The van der Waals surface area contributed by atoms with Gasteiger partial charge in [0, 0.05) is 13.5 Å². The van der Waals surface area contributed by atoms with Crippen LogP contribution in [0.3, 0.4) is 0 Å². The predicted octanol–water partition coefficient (Wildman–Crippen LogP) is 0.292. The zero-order valence-corrected chi connectivity index (χ0v) is 6.65. The second kappa shape index (κ2) is 3.08. The first-order valence-corrected chi connectivity index (χ1v) is 3.47. The Hall–Kier alpha value is -1.13. The first-order chi connectivity index (χ1) is 5.57. The molecule has 0 radical (unpaired) electrons. The number of carboxylic acid groups (broad SMARTS) is 1. The van der Waals surface area contributed by atoms with E-state index in [2.05, 4.69) is 0 Å². The van der Waals surface area contributed by atoms with Crippen LogP contribution in [-0.2, 0) is 9.53 Å². The number of ether oxygens (including phenoxy) is 1. The molecule has 0 aromatic heterocycles. The molecule has 2 N–H and O–H groups in total. The van der Waals surface area contributed by atoms with Gasteiger partial charge in [0.25, 0.3) is 0 Å². The van der Waals surface area contributed by atoms with Gasteiger partial charge in [-0.3, -0.25) is 0 Å². The fourth-order valence-corrected chi connectivity index (χ4v) is 0.922. The largest absolute Gasteiger partial charge is 0.478 e. The third-order valence-corrected chi connectivity index (χ3v) is 1.74. The lowest BCUT2D eigenvalue weighted by atomic mass is 10.0. The van der Waals surface area contributed by atoms with Gasteiger partial charge >= 0.3 is 5.97 Å². The molecule has 0 aromatic carbocycles. The minimum Gasteiger partial charge on any atom is -0.478 e. The van der Waals surface area contributed by atoms with E-state index in [1.54, 1.807) is 0 Å². The zero-order chi connectivity index (χ0) is 9.19. The van der Waals surface area contributed by atoms with Gasteiger partial charge in [0.1, 0.15) is 0 Å². The smallest absolute Gasteiger partial charge is 0.335 e. The summed E-state index contributed by atoms with van der Waals surface area (Å²) >= 11 is 0. The van der Waals surface area contributed by atoms with Crippen molar-refractivity contribution in [3.63, 3.8) is 0 Å². The van der Waals surface area contributed by atoms with Crippen LogP contribution >= 0.6 is 0 Å². The summed E-state index contributed by atoms with van der Waals surface area (Å²) in [5.74, 6) is -2.33. The Labute approximate surface area is 69.8 Å². The number of carbonyl (C=O) groups is 1. The van der Waals surface area contributed by atoms with Gasteiger partial charge in [-0.2, -0.15) is 0 Å². The third kappa shape index (κ3) is 1.72. The first kappa shape index (κ1) is 8.96. The average Bonchev–Trinajstić information content (AvgIpc) is 2.05. The lowest BCUT2D eigenvalue weighted by Crippen LogP contribution is -2.29. The maximum absolute atomic E-state index is 10.4. The van der Waals surface area contributed by atoms with Crippen molar-refractivity contribution in [2.75, 3.05) is 7.11 Å². The highest BCUT2D eigenvalue weighted by atomic mass is 16.6. The van der Waals surface area contributed by atoms with E-state index in [9.17, 15) is 9.90 Å². The number of carboxylic acids is 1. The Bertz CT molecular complexity index is 254. The van der Waals surface area contributed by atoms with E-state index in [0.29, 0.717) is 0 Å². The third-order valence-electron chi connectivity index (χ3n) is 1.74. The minimum atomic E-state index is -1.33. The van der Waals surface area contributed by atoms with Gasteiger partial charge in [-0.25, -0.2) is 4.79 Å². The molecule has 1 aliphatic carbocycles. The minimum absolute atomic E-state index is 0.168. The Morgan fingerprint density at radius 2 is 2.42 bits per heavy atom. The van der Waals surface area contributed by atoms with Crippen molar-refractivity contribution in [2.45, 2.75) is 12.2 Å². The molecule has 1 atom stereocenters. The van der Waals surface area contributed by atoms with Crippen LogP contribution in [0.1, 0.15) is 6.42 Å². The molecular weight excluding hydrogens is 160 g/mol. The highest BCUT2D eigenvalue weighted by molar-refractivity contribution is 5.90. The predicted molar refractivity (Wildman–Crippen MR) is 41.4 cm³/mol. The van der Waals surface area contributed by atoms with Crippen LogP contribution in [-0.4, -0.2) is 29.1 Å². The lowest BCUT2D eigenvalue weighted by Gasteiger charge is -2.23. The van der Waals surface area contributed by atoms with Crippen LogP contribution in [0.4, 0.5) is 0 Å². The normalized spacial score (nSPS) is 28.3. The molecule has 0 fully saturated rings. The fraction of sp³-hybridized carbons (Fsp3) is 0.375. The van der Waals surface area contributed by atoms with Crippen LogP contribution in [0, 0.1) is 0 Å². The van der Waals surface area contributed by atoms with Gasteiger partial charge in [0.05, 0.1) is 5.57 Å². The average molecular weight is 170 g/mol. The number of aliphatic carboxylic acids is 1. The molecule has 1 aliphatic rings. The van der Waals surface area contributed by atoms with Gasteiger partial charge in [0.15, 0.2) is 5.79 Å². The van der Waals surface area contributed by atoms with Crippen LogP contribution < -0.4 is 0 Å². The van der Waals surface area contributed by atoms with E-state index < -0.39 is 11.8 Å². The Balaban J connectivity index is 2.74. The number of hydrogen-bond acceptors (Lipinski definition) is 3. The molecule has 0 heterocycles. The summed E-state index contributed by atoms with van der Waals surface area (Å²) in [7, 11) is 1.37. The van der Waals surface area contributed by atoms with Crippen LogP contribution in [0.15, 0.2) is 23.8 Å². The molecule has 0 aromatic rings. The van der Waals surface area contributed by atoms with Gasteiger partial charge in [0.2, 0.25) is 0 Å². The highest BCUT2D eigenvalue weighted by Crippen LogP contribution is 2.21. The Kier molecular flexibility index (Phi) is 2.30. The molecule has 0 aliphatic heterocycles. The topological polar surface area (TPSA) is 66.8 Å². The lowest BCUT2D eigenvalue weighted by molar-refractivity contribution is -0.144. The van der Waals surface area contributed by atoms with Crippen molar-refractivity contribution in [1.29, 1.82) is 0 Å². The molecule has 0 spiro atoms. The van der Waals surface area contributed by atoms with Crippen molar-refractivity contribution in [3.8, 4) is 0 Å². The second-order valence-electron chi connectivity index (χ2n) is 2.55. The summed E-state index contributed by atoms with van der Waals surface area (Å²) in [5.41, 5.74) is 0.178. The molecule has 12 heavy (non-hydrogen) atoms. The summed E-state index contributed by atoms with van der Waals surface area (Å²) in [6.45, 7) is 0. The molecule has 0 saturated carbocycles. The molecule has 1 unspecified atom stereocenters. The monoisotopic (exact) mass is 170 g/mol. The number of hydrogen-bond donors (Lipinski definition) is 2. The molecule has 4 heteroatoms. The number of methoxy groups -OCH3 is 1. The maximum Gasteiger partial charge on any atom is 0.335 e. The van der Waals surface area contributed by atoms with Crippen LogP contribution in [0.5, 0.6) is 0 Å². The quantitative estimate of drug-likeness (QED) is 0.584. The summed E-state index contributed by atoms with van der Waals surface area (Å²) in [6, 6.07) is 0. The fourth-order valence-electron chi connectivity index (χ4n) is 0.922. The molecule has 1 rings (SSSR count). The molecule has 4 nitrogen and oxygen atoms in total. The SMILES string of the molecule is COC1(O)C=CC(C(=O)O)=CC1. The van der Waals surface area contributed by atoms with E-state index in [4.69, 9.17) is 9.84 Å². The Morgan fingerprint density at radius 1 is 1.75 bits per heavy atom. The Morgan fingerprint density at radius 3 is 2.75 bits per heavy atom. The van der Waals surface area contributed by atoms with Crippen molar-refractivity contribution >= 4 is 5.97 Å². The van der Waals surface area contributed by atoms with Crippen molar-refractivity contribution in [3.05, 3.63) is 23.8 Å². The van der Waals surface area contributed by atoms with Gasteiger partial charge in [-0.15, -0.1) is 0 Å². The molecular formula is C8H10O4. The first-order valence-electron chi connectivity index (χ1n) is 3.47. The van der Waals surface area contributed by atoms with E-state index in [-0.39, 0.29) is 12.0 Å². The van der Waals surface area contributed by atoms with Crippen molar-refractivity contribution < 1.29 is 19.7 Å². The number of rotatable bonds is 2. The summed E-state index contributed by atoms with van der Waals surface area (Å²) in [6.07, 6.45) is 4.25. The van der Waals surface area contributed by atoms with E-state index in [1.807, 2.05) is 0 Å². The zero-order valence-electron chi connectivity index (χ0n) is 6.65. The van der Waals surface area contributed by atoms with Gasteiger partial charge in [-0.05, 0) is 12.2 Å². The van der Waals surface area contributed by atoms with E-state index in [1.165, 1.54) is 25.3 Å². The summed E-state index contributed by atoms with van der Waals surface area (Å²) < 4.78 is 4.74. The summed E-state index contributed by atoms with van der Waals surface area (Å²) in [5, 5.41) is 18.0. The van der Waals surface area contributed by atoms with Gasteiger partial charge < -0.3 is 14.9 Å². The highest BCUT2D eigenvalue weighted by Gasteiger charge is 2.25. The van der Waals surface area contributed by atoms with E-state index in [0.717, 1.165) is 0 Å². The molecule has 0 saturated heterocycles. The maximum atomic E-state index is 10.4. The van der Waals surface area contributed by atoms with E-state index >= 15 is 0 Å². The molecule has 0 bridgehead atoms. The standard InChI is InChI=1S/C8H10O4/c1-12-8(11)4-2-6(3-5-8)7(9)10/h2-4,11H,5H2,1H3,(H,9,10). The van der Waals surface area contributed by atoms with Crippen molar-refractivity contribution in [2.24, 2.45) is 0 Å². The number of aliphatic hydroxyl groups is 1.